The van der Waals surface area contributed by atoms with Crippen LogP contribution in [-0.4, -0.2) is 0 Å². The van der Waals surface area contributed by atoms with Crippen LogP contribution in [0, 0.1) is 13.8 Å². The van der Waals surface area contributed by atoms with E-state index >= 15 is 0 Å². The van der Waals surface area contributed by atoms with Crippen molar-refractivity contribution in [2.75, 3.05) is 4.90 Å². The topological polar surface area (TPSA) is 3.24 Å². The standard InChI is InChI=1S/C30H29N/c1-4-25-9-11-26(12-10-25)13-14-27-15-21-30(22-16-27)31(28-17-5-23(2)6-18-28)29-19-7-24(3)8-20-29/h5-22H,4H2,1-3H3/b14-13+. The molecule has 1 nitrogen and oxygen atoms in total. The van der Waals surface area contributed by atoms with Gasteiger partial charge in [0.05, 0.1) is 0 Å². The first-order valence-electron chi connectivity index (χ1n) is 10.9. The molecule has 4 aromatic rings. The Hall–Kier alpha value is -3.58. The Kier molecular flexibility index (Phi) is 6.33. The van der Waals surface area contributed by atoms with Crippen LogP contribution in [0.5, 0.6) is 0 Å². The molecular weight excluding hydrogens is 374 g/mol. The predicted octanol–water partition coefficient (Wildman–Crippen LogP) is 8.51. The van der Waals surface area contributed by atoms with Gasteiger partial charge in [0.25, 0.3) is 0 Å². The molecule has 0 saturated carbocycles. The van der Waals surface area contributed by atoms with Crippen LogP contribution in [0.4, 0.5) is 17.1 Å². The van der Waals surface area contributed by atoms with Crippen LogP contribution in [0.25, 0.3) is 12.2 Å². The van der Waals surface area contributed by atoms with Crippen LogP contribution in [0.15, 0.2) is 97.1 Å². The number of benzene rings is 4. The van der Waals surface area contributed by atoms with Gasteiger partial charge in [0.2, 0.25) is 0 Å². The molecule has 1 heteroatoms. The van der Waals surface area contributed by atoms with Gasteiger partial charge in [0.1, 0.15) is 0 Å². The highest BCUT2D eigenvalue weighted by molar-refractivity contribution is 5.78. The van der Waals surface area contributed by atoms with Crippen molar-refractivity contribution in [3.63, 3.8) is 0 Å². The van der Waals surface area contributed by atoms with Crippen molar-refractivity contribution in [2.24, 2.45) is 0 Å². The zero-order valence-corrected chi connectivity index (χ0v) is 18.5. The van der Waals surface area contributed by atoms with E-state index in [-0.39, 0.29) is 0 Å². The van der Waals surface area contributed by atoms with Gasteiger partial charge in [-0.1, -0.05) is 90.9 Å². The minimum absolute atomic E-state index is 1.07. The molecule has 0 aromatic heterocycles. The third-order valence-corrected chi connectivity index (χ3v) is 5.59. The SMILES string of the molecule is CCc1ccc(/C=C/c2ccc(N(c3ccc(C)cc3)c3ccc(C)cc3)cc2)cc1. The van der Waals surface area contributed by atoms with E-state index in [2.05, 4.69) is 135 Å². The molecule has 31 heavy (non-hydrogen) atoms. The summed E-state index contributed by atoms with van der Waals surface area (Å²) in [5.74, 6) is 0. The Morgan fingerprint density at radius 1 is 0.516 bits per heavy atom. The molecule has 0 unspecified atom stereocenters. The van der Waals surface area contributed by atoms with E-state index in [1.807, 2.05) is 0 Å². The molecule has 0 bridgehead atoms. The maximum atomic E-state index is 2.30. The van der Waals surface area contributed by atoms with Crippen molar-refractivity contribution >= 4 is 29.2 Å². The number of nitrogens with zero attached hydrogens (tertiary/aromatic N) is 1. The summed E-state index contributed by atoms with van der Waals surface area (Å²) in [6.07, 6.45) is 5.42. The normalized spacial score (nSPS) is 11.1. The monoisotopic (exact) mass is 403 g/mol. The molecule has 0 fully saturated rings. The highest BCUT2D eigenvalue weighted by Crippen LogP contribution is 2.34. The summed E-state index contributed by atoms with van der Waals surface area (Å²) in [7, 11) is 0. The fraction of sp³-hybridized carbons (Fsp3) is 0.133. The van der Waals surface area contributed by atoms with E-state index in [0.717, 1.165) is 23.5 Å². The Balaban J connectivity index is 1.62. The van der Waals surface area contributed by atoms with Crippen molar-refractivity contribution in [1.29, 1.82) is 0 Å². The molecule has 4 rings (SSSR count). The van der Waals surface area contributed by atoms with Gasteiger partial charge in [-0.2, -0.15) is 0 Å². The predicted molar refractivity (Wildman–Crippen MR) is 135 cm³/mol. The highest BCUT2D eigenvalue weighted by atomic mass is 15.1. The van der Waals surface area contributed by atoms with Crippen molar-refractivity contribution in [3.8, 4) is 0 Å². The van der Waals surface area contributed by atoms with Gasteiger partial charge in [0.15, 0.2) is 0 Å². The molecule has 0 aliphatic rings. The van der Waals surface area contributed by atoms with Gasteiger partial charge < -0.3 is 4.90 Å². The van der Waals surface area contributed by atoms with Crippen LogP contribution in [0.1, 0.15) is 34.7 Å². The van der Waals surface area contributed by atoms with Crippen LogP contribution < -0.4 is 4.90 Å². The quantitative estimate of drug-likeness (QED) is 0.292. The van der Waals surface area contributed by atoms with Crippen LogP contribution >= 0.6 is 0 Å². The number of rotatable bonds is 6. The summed E-state index contributed by atoms with van der Waals surface area (Å²) in [4.78, 5) is 2.30. The average molecular weight is 404 g/mol. The second-order valence-corrected chi connectivity index (χ2v) is 8.03. The first kappa shape index (κ1) is 20.7. The summed E-state index contributed by atoms with van der Waals surface area (Å²) in [6, 6.07) is 34.9. The van der Waals surface area contributed by atoms with Crippen molar-refractivity contribution in [1.82, 2.24) is 0 Å². The third-order valence-electron chi connectivity index (χ3n) is 5.59. The molecule has 0 saturated heterocycles. The minimum atomic E-state index is 1.07. The van der Waals surface area contributed by atoms with Gasteiger partial charge in [-0.25, -0.2) is 0 Å². The maximum absolute atomic E-state index is 2.30. The second kappa shape index (κ2) is 9.49. The first-order chi connectivity index (χ1) is 15.1. The van der Waals surface area contributed by atoms with Gasteiger partial charge in [-0.3, -0.25) is 0 Å². The molecule has 0 amide bonds. The lowest BCUT2D eigenvalue weighted by molar-refractivity contribution is 1.14. The van der Waals surface area contributed by atoms with Gasteiger partial charge in [-0.05, 0) is 73.4 Å². The summed E-state index contributed by atoms with van der Waals surface area (Å²) in [6.45, 7) is 6.43. The van der Waals surface area contributed by atoms with Crippen molar-refractivity contribution < 1.29 is 0 Å². The molecule has 4 aromatic carbocycles. The Morgan fingerprint density at radius 3 is 1.26 bits per heavy atom. The summed E-state index contributed by atoms with van der Waals surface area (Å²) >= 11 is 0. The number of hydrogen-bond donors (Lipinski definition) is 0. The Labute approximate surface area is 186 Å². The molecule has 0 aliphatic heterocycles. The fourth-order valence-electron chi connectivity index (χ4n) is 3.63. The fourth-order valence-corrected chi connectivity index (χ4v) is 3.63. The second-order valence-electron chi connectivity index (χ2n) is 8.03. The van der Waals surface area contributed by atoms with Gasteiger partial charge in [-0.15, -0.1) is 0 Å². The summed E-state index contributed by atoms with van der Waals surface area (Å²) in [5.41, 5.74) is 9.78. The molecule has 0 heterocycles. The number of hydrogen-bond acceptors (Lipinski definition) is 1. The summed E-state index contributed by atoms with van der Waals surface area (Å²) < 4.78 is 0. The summed E-state index contributed by atoms with van der Waals surface area (Å²) in [5, 5.41) is 0. The van der Waals surface area contributed by atoms with E-state index in [9.17, 15) is 0 Å². The average Bonchev–Trinajstić information content (AvgIpc) is 2.81. The lowest BCUT2D eigenvalue weighted by atomic mass is 10.1. The molecule has 0 aliphatic carbocycles. The largest absolute Gasteiger partial charge is 0.311 e. The maximum Gasteiger partial charge on any atom is 0.0462 e. The van der Waals surface area contributed by atoms with E-state index in [1.165, 1.54) is 27.8 Å². The van der Waals surface area contributed by atoms with Crippen molar-refractivity contribution in [2.45, 2.75) is 27.2 Å². The molecular formula is C30H29N. The van der Waals surface area contributed by atoms with E-state index in [4.69, 9.17) is 0 Å². The van der Waals surface area contributed by atoms with Crippen molar-refractivity contribution in [3.05, 3.63) is 125 Å². The third kappa shape index (κ3) is 5.13. The van der Waals surface area contributed by atoms with E-state index in [1.54, 1.807) is 0 Å². The molecule has 0 atom stereocenters. The lowest BCUT2D eigenvalue weighted by Gasteiger charge is -2.25. The highest BCUT2D eigenvalue weighted by Gasteiger charge is 2.12. The van der Waals surface area contributed by atoms with E-state index in [0.29, 0.717) is 0 Å². The van der Waals surface area contributed by atoms with Crippen LogP contribution in [0.3, 0.4) is 0 Å². The zero-order valence-electron chi connectivity index (χ0n) is 18.5. The molecule has 154 valence electrons. The van der Waals surface area contributed by atoms with E-state index < -0.39 is 0 Å². The first-order valence-corrected chi connectivity index (χ1v) is 10.9. The minimum Gasteiger partial charge on any atom is -0.311 e. The number of anilines is 3. The van der Waals surface area contributed by atoms with Gasteiger partial charge in [0, 0.05) is 17.1 Å². The van der Waals surface area contributed by atoms with Crippen LogP contribution in [-0.2, 0) is 6.42 Å². The smallest absolute Gasteiger partial charge is 0.0462 e. The molecule has 0 spiro atoms. The molecule has 0 N–H and O–H groups in total. The Morgan fingerprint density at radius 2 is 0.871 bits per heavy atom. The van der Waals surface area contributed by atoms with Gasteiger partial charge >= 0.3 is 0 Å². The van der Waals surface area contributed by atoms with Crippen LogP contribution in [0.2, 0.25) is 0 Å². The number of aryl methyl sites for hydroxylation is 3. The molecule has 0 radical (unpaired) electrons. The lowest BCUT2D eigenvalue weighted by Crippen LogP contribution is -2.09. The Bertz CT molecular complexity index is 1090. The zero-order chi connectivity index (χ0) is 21.6.